The van der Waals surface area contributed by atoms with Crippen molar-refractivity contribution in [2.75, 3.05) is 26.0 Å². The number of nitrogens with one attached hydrogen (secondary N) is 2. The average Bonchev–Trinajstić information content (AvgIpc) is 2.29. The molecule has 0 bridgehead atoms. The van der Waals surface area contributed by atoms with Crippen LogP contribution in [0.2, 0.25) is 5.02 Å². The Morgan fingerprint density at radius 1 is 1.39 bits per heavy atom. The molecule has 3 amide bonds. The summed E-state index contributed by atoms with van der Waals surface area (Å²) in [6.07, 6.45) is 0. The first-order valence-electron chi connectivity index (χ1n) is 5.10. The van der Waals surface area contributed by atoms with E-state index in [-0.39, 0.29) is 23.2 Å². The van der Waals surface area contributed by atoms with E-state index in [4.69, 9.17) is 11.6 Å². The van der Waals surface area contributed by atoms with Crippen LogP contribution in [0, 0.1) is 5.82 Å². The normalized spacial score (nSPS) is 9.78. The molecule has 0 radical (unpaired) electrons. The van der Waals surface area contributed by atoms with Gasteiger partial charge in [-0.1, -0.05) is 11.6 Å². The van der Waals surface area contributed by atoms with Crippen LogP contribution < -0.4 is 10.6 Å². The van der Waals surface area contributed by atoms with E-state index in [1.807, 2.05) is 0 Å². The van der Waals surface area contributed by atoms with E-state index in [9.17, 15) is 14.0 Å². The number of urea groups is 1. The predicted molar refractivity (Wildman–Crippen MR) is 67.1 cm³/mol. The zero-order valence-electron chi connectivity index (χ0n) is 9.96. The molecule has 0 unspecified atom stereocenters. The predicted octanol–water partition coefficient (Wildman–Crippen LogP) is 1.69. The summed E-state index contributed by atoms with van der Waals surface area (Å²) in [5, 5.41) is 4.86. The lowest BCUT2D eigenvalue weighted by molar-refractivity contribution is -0.127. The number of carbonyl (C=O) groups excluding carboxylic acids is 2. The summed E-state index contributed by atoms with van der Waals surface area (Å²) in [6.45, 7) is -0.127. The van der Waals surface area contributed by atoms with E-state index in [0.717, 1.165) is 6.07 Å². The van der Waals surface area contributed by atoms with E-state index in [0.29, 0.717) is 0 Å². The highest BCUT2D eigenvalue weighted by Crippen LogP contribution is 2.21. The van der Waals surface area contributed by atoms with Crippen LogP contribution in [0.1, 0.15) is 0 Å². The van der Waals surface area contributed by atoms with E-state index >= 15 is 0 Å². The lowest BCUT2D eigenvalue weighted by Crippen LogP contribution is -2.38. The molecule has 2 N–H and O–H groups in total. The number of rotatable bonds is 3. The lowest BCUT2D eigenvalue weighted by Gasteiger charge is -2.12. The Balaban J connectivity index is 2.52. The van der Waals surface area contributed by atoms with Crippen molar-refractivity contribution in [2.45, 2.75) is 0 Å². The Morgan fingerprint density at radius 3 is 2.61 bits per heavy atom. The van der Waals surface area contributed by atoms with Crippen molar-refractivity contribution in [1.82, 2.24) is 10.2 Å². The Morgan fingerprint density at radius 2 is 2.06 bits per heavy atom. The quantitative estimate of drug-likeness (QED) is 0.880. The van der Waals surface area contributed by atoms with Crippen LogP contribution in [0.4, 0.5) is 14.9 Å². The fourth-order valence-electron chi connectivity index (χ4n) is 1.07. The van der Waals surface area contributed by atoms with Crippen LogP contribution in [-0.2, 0) is 4.79 Å². The molecule has 0 aliphatic rings. The maximum atomic E-state index is 12.8. The van der Waals surface area contributed by atoms with Gasteiger partial charge in [0.05, 0.1) is 17.3 Å². The van der Waals surface area contributed by atoms with Crippen LogP contribution in [-0.4, -0.2) is 37.5 Å². The molecule has 0 saturated carbocycles. The van der Waals surface area contributed by atoms with Crippen LogP contribution in [0.3, 0.4) is 0 Å². The molecule has 0 aromatic heterocycles. The summed E-state index contributed by atoms with van der Waals surface area (Å²) in [5.74, 6) is -0.732. The highest BCUT2D eigenvalue weighted by Gasteiger charge is 2.09. The third-order valence-corrected chi connectivity index (χ3v) is 2.39. The minimum Gasteiger partial charge on any atom is -0.347 e. The molecular formula is C11H13ClFN3O2. The van der Waals surface area contributed by atoms with E-state index in [2.05, 4.69) is 10.6 Å². The first kappa shape index (κ1) is 14.2. The average molecular weight is 274 g/mol. The molecule has 7 heteroatoms. The van der Waals surface area contributed by atoms with Gasteiger partial charge in [-0.15, -0.1) is 0 Å². The van der Waals surface area contributed by atoms with Gasteiger partial charge in [0, 0.05) is 14.1 Å². The number of benzene rings is 1. The van der Waals surface area contributed by atoms with Crippen LogP contribution in [0.25, 0.3) is 0 Å². The monoisotopic (exact) mass is 273 g/mol. The fourth-order valence-corrected chi connectivity index (χ4v) is 1.29. The van der Waals surface area contributed by atoms with Crippen molar-refractivity contribution in [3.8, 4) is 0 Å². The zero-order valence-corrected chi connectivity index (χ0v) is 10.7. The number of halogens is 2. The Bertz CT molecular complexity index is 466. The molecule has 18 heavy (non-hydrogen) atoms. The number of carbonyl (C=O) groups is 2. The van der Waals surface area contributed by atoms with Crippen molar-refractivity contribution < 1.29 is 14.0 Å². The molecule has 0 atom stereocenters. The third-order valence-electron chi connectivity index (χ3n) is 2.08. The minimum atomic E-state index is -0.585. The zero-order chi connectivity index (χ0) is 13.7. The molecule has 5 nitrogen and oxygen atoms in total. The number of hydrogen-bond donors (Lipinski definition) is 2. The van der Waals surface area contributed by atoms with Crippen LogP contribution in [0.5, 0.6) is 0 Å². The molecule has 0 spiro atoms. The van der Waals surface area contributed by atoms with Gasteiger partial charge in [-0.25, -0.2) is 9.18 Å². The van der Waals surface area contributed by atoms with Gasteiger partial charge in [0.25, 0.3) is 0 Å². The molecule has 0 fully saturated rings. The second kappa shape index (κ2) is 6.20. The van der Waals surface area contributed by atoms with Crippen molar-refractivity contribution in [2.24, 2.45) is 0 Å². The molecule has 98 valence electrons. The number of hydrogen-bond acceptors (Lipinski definition) is 2. The van der Waals surface area contributed by atoms with Gasteiger partial charge in [-0.2, -0.15) is 0 Å². The standard InChI is InChI=1S/C11H13ClFN3O2/c1-16(2)10(17)6-14-11(18)15-9-4-3-7(13)5-8(9)12/h3-5H,6H2,1-2H3,(H2,14,15,18). The largest absolute Gasteiger partial charge is 0.347 e. The second-order valence-corrected chi connectivity index (χ2v) is 4.13. The van der Waals surface area contributed by atoms with Gasteiger partial charge >= 0.3 is 6.03 Å². The number of anilines is 1. The summed E-state index contributed by atoms with van der Waals surface area (Å²) < 4.78 is 12.8. The Hall–Kier alpha value is -1.82. The molecule has 0 aliphatic heterocycles. The molecule has 0 heterocycles. The summed E-state index contributed by atoms with van der Waals surface area (Å²) in [7, 11) is 3.16. The summed E-state index contributed by atoms with van der Waals surface area (Å²) in [4.78, 5) is 24.0. The lowest BCUT2D eigenvalue weighted by atomic mass is 10.3. The van der Waals surface area contributed by atoms with Gasteiger partial charge in [-0.05, 0) is 18.2 Å². The summed E-state index contributed by atoms with van der Waals surface area (Å²) in [6, 6.07) is 3.01. The maximum absolute atomic E-state index is 12.8. The maximum Gasteiger partial charge on any atom is 0.319 e. The summed E-state index contributed by atoms with van der Waals surface area (Å²) in [5.41, 5.74) is 0.271. The number of amides is 3. The van der Waals surface area contributed by atoms with Gasteiger partial charge in [0.2, 0.25) is 5.91 Å². The highest BCUT2D eigenvalue weighted by atomic mass is 35.5. The molecule has 1 aromatic carbocycles. The van der Waals surface area contributed by atoms with Crippen molar-refractivity contribution in [3.63, 3.8) is 0 Å². The smallest absolute Gasteiger partial charge is 0.319 e. The SMILES string of the molecule is CN(C)C(=O)CNC(=O)Nc1ccc(F)cc1Cl. The molecule has 1 rings (SSSR count). The van der Waals surface area contributed by atoms with Gasteiger partial charge in [0.1, 0.15) is 5.82 Å². The van der Waals surface area contributed by atoms with E-state index < -0.39 is 11.8 Å². The molecule has 0 saturated heterocycles. The van der Waals surface area contributed by atoms with E-state index in [1.54, 1.807) is 14.1 Å². The van der Waals surface area contributed by atoms with Crippen molar-refractivity contribution in [3.05, 3.63) is 29.0 Å². The Kier molecular flexibility index (Phi) is 4.91. The first-order chi connectivity index (χ1) is 8.40. The van der Waals surface area contributed by atoms with Crippen molar-refractivity contribution in [1.29, 1.82) is 0 Å². The second-order valence-electron chi connectivity index (χ2n) is 3.72. The topological polar surface area (TPSA) is 61.4 Å². The van der Waals surface area contributed by atoms with Crippen LogP contribution >= 0.6 is 11.6 Å². The highest BCUT2D eigenvalue weighted by molar-refractivity contribution is 6.33. The third kappa shape index (κ3) is 4.21. The number of nitrogens with zero attached hydrogens (tertiary/aromatic N) is 1. The molecular weight excluding hydrogens is 261 g/mol. The number of likely N-dealkylation sites (N-methyl/N-ethyl adjacent to an activating group) is 1. The van der Waals surface area contributed by atoms with Gasteiger partial charge in [0.15, 0.2) is 0 Å². The van der Waals surface area contributed by atoms with E-state index in [1.165, 1.54) is 17.0 Å². The summed E-state index contributed by atoms with van der Waals surface area (Å²) >= 11 is 5.73. The first-order valence-corrected chi connectivity index (χ1v) is 5.48. The fraction of sp³-hybridized carbons (Fsp3) is 0.273. The van der Waals surface area contributed by atoms with Crippen molar-refractivity contribution >= 4 is 29.2 Å². The van der Waals surface area contributed by atoms with Gasteiger partial charge in [-0.3, -0.25) is 4.79 Å². The minimum absolute atomic E-state index is 0.0871. The van der Waals surface area contributed by atoms with Crippen LogP contribution in [0.15, 0.2) is 18.2 Å². The molecule has 1 aromatic rings. The van der Waals surface area contributed by atoms with Gasteiger partial charge < -0.3 is 15.5 Å². The Labute approximate surface area is 109 Å². The molecule has 0 aliphatic carbocycles.